The van der Waals surface area contributed by atoms with Crippen LogP contribution in [0.15, 0.2) is 72.8 Å². The number of hydrogen-bond acceptors (Lipinski definition) is 7. The van der Waals surface area contributed by atoms with Gasteiger partial charge in [0.05, 0.1) is 18.2 Å². The van der Waals surface area contributed by atoms with Crippen molar-refractivity contribution in [1.29, 1.82) is 0 Å². The Morgan fingerprint density at radius 2 is 1.65 bits per heavy atom. The summed E-state index contributed by atoms with van der Waals surface area (Å²) < 4.78 is 6.35. The summed E-state index contributed by atoms with van der Waals surface area (Å²) in [6.45, 7) is 1.23. The molecule has 1 aromatic heterocycles. The van der Waals surface area contributed by atoms with Crippen molar-refractivity contribution in [3.8, 4) is 0 Å². The molecule has 1 atom stereocenters. The minimum atomic E-state index is -1.07. The molecule has 3 aromatic carbocycles. The summed E-state index contributed by atoms with van der Waals surface area (Å²) in [5.41, 5.74) is 3.17. The van der Waals surface area contributed by atoms with Gasteiger partial charge < -0.3 is 15.4 Å². The van der Waals surface area contributed by atoms with E-state index in [0.29, 0.717) is 33.5 Å². The van der Waals surface area contributed by atoms with Crippen molar-refractivity contribution in [1.82, 2.24) is 20.3 Å². The first-order chi connectivity index (χ1) is 20.8. The quantitative estimate of drug-likeness (QED) is 0.279. The molecule has 1 saturated carbocycles. The lowest BCUT2D eigenvalue weighted by Gasteiger charge is -2.33. The number of amides is 3. The molecule has 11 nitrogen and oxygen atoms in total. The van der Waals surface area contributed by atoms with Gasteiger partial charge in [0.25, 0.3) is 0 Å². The molecule has 0 aliphatic heterocycles. The third-order valence-corrected chi connectivity index (χ3v) is 7.55. The molecule has 1 aliphatic rings. The predicted molar refractivity (Wildman–Crippen MR) is 161 cm³/mol. The molecular formula is C32H34N6O5. The number of benzene rings is 3. The van der Waals surface area contributed by atoms with E-state index in [2.05, 4.69) is 20.9 Å². The van der Waals surface area contributed by atoms with Crippen LogP contribution in [0.2, 0.25) is 0 Å². The summed E-state index contributed by atoms with van der Waals surface area (Å²) >= 11 is 0. The molecule has 43 heavy (non-hydrogen) atoms. The van der Waals surface area contributed by atoms with Crippen LogP contribution in [0.4, 0.5) is 11.4 Å². The maximum Gasteiger partial charge on any atom is 0.337 e. The number of rotatable bonds is 9. The van der Waals surface area contributed by atoms with Crippen LogP contribution in [-0.2, 0) is 25.7 Å². The first-order valence-corrected chi connectivity index (χ1v) is 14.3. The van der Waals surface area contributed by atoms with E-state index in [0.717, 1.165) is 32.1 Å². The van der Waals surface area contributed by atoms with Crippen LogP contribution in [-0.4, -0.2) is 51.8 Å². The second-order valence-electron chi connectivity index (χ2n) is 10.6. The Kier molecular flexibility index (Phi) is 9.09. The lowest BCUT2D eigenvalue weighted by Crippen LogP contribution is -2.48. The number of hydrogen-bond donors (Lipinski definition) is 2. The number of para-hydroxylation sites is 1. The summed E-state index contributed by atoms with van der Waals surface area (Å²) in [5, 5.41) is 14.3. The van der Waals surface area contributed by atoms with E-state index in [1.54, 1.807) is 48.5 Å². The Balaban J connectivity index is 1.57. The van der Waals surface area contributed by atoms with Gasteiger partial charge in [0.2, 0.25) is 17.7 Å². The summed E-state index contributed by atoms with van der Waals surface area (Å²) in [6, 6.07) is 19.5. The molecule has 0 radical (unpaired) electrons. The fraction of sp³-hybridized carbons (Fsp3) is 0.312. The molecule has 1 aliphatic carbocycles. The van der Waals surface area contributed by atoms with E-state index in [1.165, 1.54) is 23.6 Å². The second-order valence-corrected chi connectivity index (χ2v) is 10.6. The number of methoxy groups -OCH3 is 1. The van der Waals surface area contributed by atoms with Crippen molar-refractivity contribution in [2.24, 2.45) is 0 Å². The van der Waals surface area contributed by atoms with Gasteiger partial charge in [-0.3, -0.25) is 19.3 Å². The third-order valence-electron chi connectivity index (χ3n) is 7.55. The molecule has 0 spiro atoms. The number of nitrogens with one attached hydrogen (secondary N) is 2. The number of carbonyl (C=O) groups is 4. The first-order valence-electron chi connectivity index (χ1n) is 14.3. The molecule has 3 amide bonds. The maximum absolute atomic E-state index is 14.3. The number of ether oxygens (including phenoxy) is 1. The van der Waals surface area contributed by atoms with Gasteiger partial charge in [-0.2, -0.15) is 0 Å². The second kappa shape index (κ2) is 13.3. The smallest absolute Gasteiger partial charge is 0.337 e. The van der Waals surface area contributed by atoms with Gasteiger partial charge in [-0.15, -0.1) is 5.10 Å². The minimum absolute atomic E-state index is 0.00329. The van der Waals surface area contributed by atoms with Crippen LogP contribution in [0.3, 0.4) is 0 Å². The topological polar surface area (TPSA) is 136 Å². The monoisotopic (exact) mass is 582 g/mol. The van der Waals surface area contributed by atoms with E-state index in [1.807, 2.05) is 24.3 Å². The van der Waals surface area contributed by atoms with Crippen LogP contribution < -0.4 is 15.5 Å². The van der Waals surface area contributed by atoms with Gasteiger partial charge in [-0.25, -0.2) is 9.48 Å². The largest absolute Gasteiger partial charge is 0.465 e. The van der Waals surface area contributed by atoms with Gasteiger partial charge in [-0.05, 0) is 66.9 Å². The number of nitrogens with zero attached hydrogens (tertiary/aromatic N) is 4. The van der Waals surface area contributed by atoms with Crippen LogP contribution in [0.25, 0.3) is 11.0 Å². The Hall–Kier alpha value is -5.06. The van der Waals surface area contributed by atoms with Gasteiger partial charge in [0.15, 0.2) is 0 Å². The molecule has 5 rings (SSSR count). The molecule has 0 bridgehead atoms. The predicted octanol–water partition coefficient (Wildman–Crippen LogP) is 4.40. The van der Waals surface area contributed by atoms with Crippen molar-refractivity contribution in [2.75, 3.05) is 17.3 Å². The molecular weight excluding hydrogens is 548 g/mol. The van der Waals surface area contributed by atoms with E-state index in [9.17, 15) is 19.2 Å². The summed E-state index contributed by atoms with van der Waals surface area (Å²) in [5.74, 6) is -1.47. The Labute approximate surface area is 249 Å². The van der Waals surface area contributed by atoms with Crippen molar-refractivity contribution in [3.05, 3.63) is 83.9 Å². The SMILES string of the molecule is COC(=O)c1ccc(C(C(=O)NC2CCCCC2)N(C(=O)Cn2nnc3ccccc32)c2ccc(NC(C)=O)cc2)cc1. The average molecular weight is 583 g/mol. The average Bonchev–Trinajstić information content (AvgIpc) is 3.42. The molecule has 1 fully saturated rings. The number of anilines is 2. The maximum atomic E-state index is 14.3. The van der Waals surface area contributed by atoms with E-state index < -0.39 is 17.9 Å². The van der Waals surface area contributed by atoms with E-state index >= 15 is 0 Å². The Bertz CT molecular complexity index is 1610. The zero-order chi connectivity index (χ0) is 30.3. The van der Waals surface area contributed by atoms with Crippen molar-refractivity contribution in [2.45, 2.75) is 57.7 Å². The highest BCUT2D eigenvalue weighted by Crippen LogP contribution is 2.31. The van der Waals surface area contributed by atoms with Crippen molar-refractivity contribution >= 4 is 46.1 Å². The van der Waals surface area contributed by atoms with E-state index in [-0.39, 0.29) is 24.4 Å². The van der Waals surface area contributed by atoms with Crippen LogP contribution >= 0.6 is 0 Å². The molecule has 1 heterocycles. The lowest BCUT2D eigenvalue weighted by molar-refractivity contribution is -0.127. The van der Waals surface area contributed by atoms with Crippen molar-refractivity contribution < 1.29 is 23.9 Å². The normalized spacial score (nSPS) is 14.1. The fourth-order valence-electron chi connectivity index (χ4n) is 5.45. The summed E-state index contributed by atoms with van der Waals surface area (Å²) in [4.78, 5) is 53.6. The highest BCUT2D eigenvalue weighted by Gasteiger charge is 2.34. The number of aromatic nitrogens is 3. The number of carbonyl (C=O) groups excluding carboxylic acids is 4. The van der Waals surface area contributed by atoms with Gasteiger partial charge >= 0.3 is 5.97 Å². The highest BCUT2D eigenvalue weighted by atomic mass is 16.5. The lowest BCUT2D eigenvalue weighted by atomic mass is 9.94. The van der Waals surface area contributed by atoms with E-state index in [4.69, 9.17) is 4.74 Å². The Morgan fingerprint density at radius 3 is 2.33 bits per heavy atom. The van der Waals surface area contributed by atoms with Crippen LogP contribution in [0, 0.1) is 0 Å². The van der Waals surface area contributed by atoms with Crippen LogP contribution in [0.5, 0.6) is 0 Å². The number of esters is 1. The molecule has 222 valence electrons. The first kappa shape index (κ1) is 29.4. The summed E-state index contributed by atoms with van der Waals surface area (Å²) in [7, 11) is 1.30. The Morgan fingerprint density at radius 1 is 0.953 bits per heavy atom. The molecule has 11 heteroatoms. The van der Waals surface area contributed by atoms with Gasteiger partial charge in [-0.1, -0.05) is 48.7 Å². The van der Waals surface area contributed by atoms with Gasteiger partial charge in [0, 0.05) is 24.3 Å². The number of fused-ring (bicyclic) bond motifs is 1. The van der Waals surface area contributed by atoms with Crippen molar-refractivity contribution in [3.63, 3.8) is 0 Å². The fourth-order valence-corrected chi connectivity index (χ4v) is 5.45. The minimum Gasteiger partial charge on any atom is -0.465 e. The molecule has 1 unspecified atom stereocenters. The van der Waals surface area contributed by atoms with Crippen LogP contribution in [0.1, 0.15) is 61.0 Å². The third kappa shape index (κ3) is 6.88. The summed E-state index contributed by atoms with van der Waals surface area (Å²) in [6.07, 6.45) is 4.90. The zero-order valence-electron chi connectivity index (χ0n) is 24.2. The standard InChI is InChI=1S/C32H34N6O5/c1-21(39)33-25-16-18-26(19-17-25)38(29(40)20-37-28-11-7-6-10-27(28)35-36-37)30(31(41)34-24-8-4-3-5-9-24)22-12-14-23(15-13-22)32(42)43-2/h6-7,10-19,24,30H,3-5,8-9,20H2,1-2H3,(H,33,39)(H,34,41). The zero-order valence-corrected chi connectivity index (χ0v) is 24.2. The molecule has 4 aromatic rings. The van der Waals surface area contributed by atoms with Gasteiger partial charge in [0.1, 0.15) is 18.1 Å². The molecule has 0 saturated heterocycles. The molecule has 2 N–H and O–H groups in total. The highest BCUT2D eigenvalue weighted by molar-refractivity contribution is 6.02.